The number of carbonyl (C=O) groups is 1. The molecule has 6 heteroatoms. The predicted molar refractivity (Wildman–Crippen MR) is 85.3 cm³/mol. The highest BCUT2D eigenvalue weighted by atomic mass is 19.1. The molecule has 0 unspecified atom stereocenters. The van der Waals surface area contributed by atoms with Gasteiger partial charge in [-0.25, -0.2) is 8.78 Å². The lowest BCUT2D eigenvalue weighted by atomic mass is 10.1. The van der Waals surface area contributed by atoms with Crippen LogP contribution in [-0.4, -0.2) is 12.5 Å². The summed E-state index contributed by atoms with van der Waals surface area (Å²) >= 11 is 0. The standard InChI is InChI=1S/C17H18F2N2O2/c1-2-23-16-7-3-11(9-14(16)20)4-8-17(22)21-15-10-12(18)5-6-13(15)19/h3,5-7,9-10H,2,4,8,20H2,1H3,(H,21,22). The fourth-order valence-electron chi connectivity index (χ4n) is 2.10. The van der Waals surface area contributed by atoms with Crippen LogP contribution in [0.5, 0.6) is 5.75 Å². The van der Waals surface area contributed by atoms with Crippen LogP contribution in [0.2, 0.25) is 0 Å². The van der Waals surface area contributed by atoms with Gasteiger partial charge >= 0.3 is 0 Å². The van der Waals surface area contributed by atoms with Crippen molar-refractivity contribution < 1.29 is 18.3 Å². The van der Waals surface area contributed by atoms with E-state index in [2.05, 4.69) is 5.32 Å². The molecule has 2 aromatic carbocycles. The van der Waals surface area contributed by atoms with Crippen LogP contribution >= 0.6 is 0 Å². The normalized spacial score (nSPS) is 10.4. The van der Waals surface area contributed by atoms with E-state index >= 15 is 0 Å². The minimum atomic E-state index is -0.676. The largest absolute Gasteiger partial charge is 0.492 e. The van der Waals surface area contributed by atoms with E-state index in [9.17, 15) is 13.6 Å². The molecule has 0 bridgehead atoms. The minimum Gasteiger partial charge on any atom is -0.492 e. The van der Waals surface area contributed by atoms with Gasteiger partial charge in [0.15, 0.2) is 0 Å². The lowest BCUT2D eigenvalue weighted by molar-refractivity contribution is -0.116. The Hall–Kier alpha value is -2.63. The average molecular weight is 320 g/mol. The van der Waals surface area contributed by atoms with Crippen molar-refractivity contribution in [1.29, 1.82) is 0 Å². The van der Waals surface area contributed by atoms with Crippen LogP contribution in [-0.2, 0) is 11.2 Å². The highest BCUT2D eigenvalue weighted by molar-refractivity contribution is 5.91. The lowest BCUT2D eigenvalue weighted by Gasteiger charge is -2.09. The predicted octanol–water partition coefficient (Wildman–Crippen LogP) is 3.52. The van der Waals surface area contributed by atoms with E-state index in [1.807, 2.05) is 13.0 Å². The van der Waals surface area contributed by atoms with E-state index in [0.717, 1.165) is 23.8 Å². The maximum Gasteiger partial charge on any atom is 0.224 e. The molecule has 0 aliphatic rings. The Balaban J connectivity index is 1.94. The Bertz CT molecular complexity index is 705. The number of amides is 1. The van der Waals surface area contributed by atoms with E-state index in [0.29, 0.717) is 24.5 Å². The molecule has 122 valence electrons. The number of halogens is 2. The third-order valence-corrected chi connectivity index (χ3v) is 3.22. The van der Waals surface area contributed by atoms with Gasteiger partial charge in [-0.1, -0.05) is 6.07 Å². The molecule has 0 spiro atoms. The van der Waals surface area contributed by atoms with E-state index in [1.54, 1.807) is 12.1 Å². The topological polar surface area (TPSA) is 64.3 Å². The number of benzene rings is 2. The van der Waals surface area contributed by atoms with Crippen molar-refractivity contribution in [2.24, 2.45) is 0 Å². The van der Waals surface area contributed by atoms with Gasteiger partial charge in [-0.15, -0.1) is 0 Å². The lowest BCUT2D eigenvalue weighted by Crippen LogP contribution is -2.13. The highest BCUT2D eigenvalue weighted by Gasteiger charge is 2.09. The molecule has 0 radical (unpaired) electrons. The molecule has 0 atom stereocenters. The van der Waals surface area contributed by atoms with Crippen LogP contribution in [0.15, 0.2) is 36.4 Å². The molecule has 2 rings (SSSR count). The molecule has 1 amide bonds. The summed E-state index contributed by atoms with van der Waals surface area (Å²) in [6.07, 6.45) is 0.558. The third-order valence-electron chi connectivity index (χ3n) is 3.22. The second-order valence-corrected chi connectivity index (χ2v) is 4.98. The SMILES string of the molecule is CCOc1ccc(CCC(=O)Nc2cc(F)ccc2F)cc1N. The van der Waals surface area contributed by atoms with Gasteiger partial charge in [0.2, 0.25) is 5.91 Å². The Morgan fingerprint density at radius 2 is 2.00 bits per heavy atom. The first-order chi connectivity index (χ1) is 11.0. The number of nitrogens with one attached hydrogen (secondary N) is 1. The third kappa shape index (κ3) is 4.67. The number of nitrogens with two attached hydrogens (primary N) is 1. The Labute approximate surface area is 133 Å². The number of hydrogen-bond acceptors (Lipinski definition) is 3. The Kier molecular flexibility index (Phi) is 5.51. The number of ether oxygens (including phenoxy) is 1. The van der Waals surface area contributed by atoms with Gasteiger partial charge in [-0.2, -0.15) is 0 Å². The summed E-state index contributed by atoms with van der Waals surface area (Å²) in [6.45, 7) is 2.38. The van der Waals surface area contributed by atoms with Gasteiger partial charge in [0, 0.05) is 12.5 Å². The molecule has 0 saturated carbocycles. The molecule has 2 aromatic rings. The van der Waals surface area contributed by atoms with Gasteiger partial charge in [-0.05, 0) is 43.2 Å². The smallest absolute Gasteiger partial charge is 0.224 e. The van der Waals surface area contributed by atoms with Crippen molar-refractivity contribution in [3.63, 3.8) is 0 Å². The molecule has 4 nitrogen and oxygen atoms in total. The highest BCUT2D eigenvalue weighted by Crippen LogP contribution is 2.23. The van der Waals surface area contributed by atoms with Crippen molar-refractivity contribution in [2.45, 2.75) is 19.8 Å². The first-order valence-corrected chi connectivity index (χ1v) is 7.25. The van der Waals surface area contributed by atoms with Crippen LogP contribution in [0.25, 0.3) is 0 Å². The van der Waals surface area contributed by atoms with Crippen LogP contribution in [0.4, 0.5) is 20.2 Å². The molecule has 0 saturated heterocycles. The molecule has 0 aliphatic carbocycles. The van der Waals surface area contributed by atoms with Crippen LogP contribution in [0.3, 0.4) is 0 Å². The number of carbonyl (C=O) groups excluding carboxylic acids is 1. The van der Waals surface area contributed by atoms with Crippen molar-refractivity contribution in [3.05, 3.63) is 53.6 Å². The fraction of sp³-hybridized carbons (Fsp3) is 0.235. The summed E-state index contributed by atoms with van der Waals surface area (Å²) in [5, 5.41) is 2.36. The van der Waals surface area contributed by atoms with Crippen molar-refractivity contribution >= 4 is 17.3 Å². The maximum absolute atomic E-state index is 13.5. The zero-order valence-corrected chi connectivity index (χ0v) is 12.7. The number of nitrogen functional groups attached to an aromatic ring is 1. The first kappa shape index (κ1) is 16.7. The molecule has 0 aromatic heterocycles. The maximum atomic E-state index is 13.5. The summed E-state index contributed by atoms with van der Waals surface area (Å²) in [7, 11) is 0. The van der Waals surface area contributed by atoms with Gasteiger partial charge in [0.1, 0.15) is 17.4 Å². The van der Waals surface area contributed by atoms with E-state index in [1.165, 1.54) is 0 Å². The zero-order chi connectivity index (χ0) is 16.8. The minimum absolute atomic E-state index is 0.128. The summed E-state index contributed by atoms with van der Waals surface area (Å²) in [5.41, 5.74) is 7.05. The molecule has 0 heterocycles. The van der Waals surface area contributed by atoms with Gasteiger partial charge in [0.05, 0.1) is 18.0 Å². The van der Waals surface area contributed by atoms with Crippen LogP contribution in [0, 0.1) is 11.6 Å². The second kappa shape index (κ2) is 7.58. The van der Waals surface area contributed by atoms with E-state index in [4.69, 9.17) is 10.5 Å². The number of rotatable bonds is 6. The monoisotopic (exact) mass is 320 g/mol. The van der Waals surface area contributed by atoms with Crippen molar-refractivity contribution in [3.8, 4) is 5.75 Å². The van der Waals surface area contributed by atoms with E-state index in [-0.39, 0.29) is 12.1 Å². The molecular formula is C17H18F2N2O2. The Morgan fingerprint density at radius 3 is 2.70 bits per heavy atom. The summed E-state index contributed by atoms with van der Waals surface area (Å²) < 4.78 is 31.8. The Morgan fingerprint density at radius 1 is 1.22 bits per heavy atom. The first-order valence-electron chi connectivity index (χ1n) is 7.25. The quantitative estimate of drug-likeness (QED) is 0.801. The molecule has 0 fully saturated rings. The van der Waals surface area contributed by atoms with Gasteiger partial charge in [-0.3, -0.25) is 4.79 Å². The number of hydrogen-bond donors (Lipinski definition) is 2. The zero-order valence-electron chi connectivity index (χ0n) is 12.7. The summed E-state index contributed by atoms with van der Waals surface area (Å²) in [5.74, 6) is -1.09. The summed E-state index contributed by atoms with van der Waals surface area (Å²) in [6, 6.07) is 8.21. The second-order valence-electron chi connectivity index (χ2n) is 4.98. The molecule has 23 heavy (non-hydrogen) atoms. The van der Waals surface area contributed by atoms with Crippen LogP contribution in [0.1, 0.15) is 18.9 Å². The van der Waals surface area contributed by atoms with Gasteiger partial charge < -0.3 is 15.8 Å². The van der Waals surface area contributed by atoms with E-state index < -0.39 is 17.5 Å². The molecule has 0 aliphatic heterocycles. The van der Waals surface area contributed by atoms with Gasteiger partial charge in [0.25, 0.3) is 0 Å². The number of aryl methyl sites for hydroxylation is 1. The number of anilines is 2. The van der Waals surface area contributed by atoms with Crippen molar-refractivity contribution in [2.75, 3.05) is 17.7 Å². The van der Waals surface area contributed by atoms with Crippen molar-refractivity contribution in [1.82, 2.24) is 0 Å². The fourth-order valence-corrected chi connectivity index (χ4v) is 2.10. The molecular weight excluding hydrogens is 302 g/mol. The summed E-state index contributed by atoms with van der Waals surface area (Å²) in [4.78, 5) is 11.8. The van der Waals surface area contributed by atoms with Crippen LogP contribution < -0.4 is 15.8 Å². The average Bonchev–Trinajstić information content (AvgIpc) is 2.51. The molecule has 3 N–H and O–H groups in total.